The number of carbonyl (C=O) groups is 2. The first-order valence-electron chi connectivity index (χ1n) is 11.4. The number of rotatable bonds is 10. The van der Waals surface area contributed by atoms with E-state index >= 15 is 0 Å². The lowest BCUT2D eigenvalue weighted by atomic mass is 9.78. The maximum atomic E-state index is 12.1. The lowest BCUT2D eigenvalue weighted by Gasteiger charge is -2.28. The number of phenols is 1. The van der Waals surface area contributed by atoms with Gasteiger partial charge >= 0.3 is 6.09 Å². The molecule has 32 heavy (non-hydrogen) atoms. The quantitative estimate of drug-likeness (QED) is 0.329. The first-order chi connectivity index (χ1) is 14.7. The van der Waals surface area contributed by atoms with Crippen LogP contribution in [0.3, 0.4) is 0 Å². The van der Waals surface area contributed by atoms with E-state index < -0.39 is 6.09 Å². The molecule has 1 rings (SSSR count). The van der Waals surface area contributed by atoms with Crippen LogP contribution < -0.4 is 10.6 Å². The predicted octanol–water partition coefficient (Wildman–Crippen LogP) is 5.47. The van der Waals surface area contributed by atoms with Crippen LogP contribution in [0.15, 0.2) is 24.3 Å². The van der Waals surface area contributed by atoms with E-state index in [0.717, 1.165) is 42.4 Å². The standard InChI is InChI=1S/C26H42N2O4/c1-18(2)23(30)27-13-11-9-10-12-14-28-24(31)32-17-19-15-20(25(3,4)5)22(29)21(16-19)26(6,7)8/h15-16,29H,1,9-14,17H2,2-8H3,(H,27,30)(H,28,31). The lowest BCUT2D eigenvalue weighted by molar-refractivity contribution is -0.117. The van der Waals surface area contributed by atoms with Crippen LogP contribution in [0.5, 0.6) is 5.75 Å². The highest BCUT2D eigenvalue weighted by Gasteiger charge is 2.26. The van der Waals surface area contributed by atoms with Gasteiger partial charge in [-0.1, -0.05) is 61.0 Å². The van der Waals surface area contributed by atoms with Crippen molar-refractivity contribution in [3.8, 4) is 5.75 Å². The van der Waals surface area contributed by atoms with Crippen LogP contribution in [0, 0.1) is 0 Å². The van der Waals surface area contributed by atoms with Gasteiger partial charge in [-0.3, -0.25) is 4.79 Å². The third-order valence-electron chi connectivity index (χ3n) is 5.20. The molecule has 0 aliphatic carbocycles. The van der Waals surface area contributed by atoms with Gasteiger partial charge in [-0.25, -0.2) is 4.79 Å². The zero-order valence-electron chi connectivity index (χ0n) is 21.0. The second kappa shape index (κ2) is 11.9. The second-order valence-electron chi connectivity index (χ2n) is 10.5. The molecular formula is C26H42N2O4. The zero-order valence-corrected chi connectivity index (χ0v) is 21.0. The molecule has 0 saturated heterocycles. The molecule has 0 radical (unpaired) electrons. The molecule has 1 aromatic rings. The number of nitrogens with one attached hydrogen (secondary N) is 2. The average Bonchev–Trinajstić information content (AvgIpc) is 2.66. The minimum Gasteiger partial charge on any atom is -0.507 e. The van der Waals surface area contributed by atoms with Crippen molar-refractivity contribution < 1.29 is 19.4 Å². The zero-order chi connectivity index (χ0) is 24.5. The number of hydrogen-bond acceptors (Lipinski definition) is 4. The summed E-state index contributed by atoms with van der Waals surface area (Å²) in [7, 11) is 0. The summed E-state index contributed by atoms with van der Waals surface area (Å²) in [5.74, 6) is 0.213. The number of phenolic OH excluding ortho intramolecular Hbond substituents is 1. The summed E-state index contributed by atoms with van der Waals surface area (Å²) in [5, 5.41) is 16.4. The fourth-order valence-electron chi connectivity index (χ4n) is 3.27. The minimum absolute atomic E-state index is 0.104. The van der Waals surface area contributed by atoms with Gasteiger partial charge < -0.3 is 20.5 Å². The molecule has 0 bridgehead atoms. The Kier molecular flexibility index (Phi) is 10.3. The van der Waals surface area contributed by atoms with Gasteiger partial charge in [0.05, 0.1) is 0 Å². The van der Waals surface area contributed by atoms with Gasteiger partial charge in [0.1, 0.15) is 12.4 Å². The Hall–Kier alpha value is -2.50. The smallest absolute Gasteiger partial charge is 0.407 e. The van der Waals surface area contributed by atoms with E-state index in [2.05, 4.69) is 58.8 Å². The van der Waals surface area contributed by atoms with E-state index in [9.17, 15) is 14.7 Å². The van der Waals surface area contributed by atoms with Gasteiger partial charge in [0.2, 0.25) is 5.91 Å². The first-order valence-corrected chi connectivity index (χ1v) is 11.4. The average molecular weight is 447 g/mol. The van der Waals surface area contributed by atoms with Crippen LogP contribution >= 0.6 is 0 Å². The van der Waals surface area contributed by atoms with Gasteiger partial charge in [-0.2, -0.15) is 0 Å². The molecule has 6 heteroatoms. The van der Waals surface area contributed by atoms with Crippen LogP contribution in [-0.2, 0) is 27.0 Å². The van der Waals surface area contributed by atoms with Gasteiger partial charge in [-0.15, -0.1) is 0 Å². The van der Waals surface area contributed by atoms with Crippen molar-refractivity contribution in [3.63, 3.8) is 0 Å². The molecule has 0 aromatic heterocycles. The third kappa shape index (κ3) is 9.33. The second-order valence-corrected chi connectivity index (χ2v) is 10.5. The van der Waals surface area contributed by atoms with E-state index in [1.165, 1.54) is 0 Å². The maximum absolute atomic E-state index is 12.1. The van der Waals surface area contributed by atoms with Crippen molar-refractivity contribution >= 4 is 12.0 Å². The van der Waals surface area contributed by atoms with Crippen molar-refractivity contribution in [2.75, 3.05) is 13.1 Å². The molecule has 6 nitrogen and oxygen atoms in total. The summed E-state index contributed by atoms with van der Waals surface area (Å²) in [5.41, 5.74) is 2.63. The van der Waals surface area contributed by atoms with E-state index in [1.807, 2.05) is 12.1 Å². The molecule has 3 N–H and O–H groups in total. The summed E-state index contributed by atoms with van der Waals surface area (Å²) >= 11 is 0. The van der Waals surface area contributed by atoms with Gasteiger partial charge in [-0.05, 0) is 59.4 Å². The fraction of sp³-hybridized carbons (Fsp3) is 0.615. The van der Waals surface area contributed by atoms with Crippen molar-refractivity contribution in [2.24, 2.45) is 0 Å². The normalized spacial score (nSPS) is 11.7. The number of alkyl carbamates (subject to hydrolysis) is 1. The van der Waals surface area contributed by atoms with Crippen molar-refractivity contribution in [3.05, 3.63) is 41.0 Å². The Morgan fingerprint density at radius 3 is 1.81 bits per heavy atom. The molecule has 2 amide bonds. The van der Waals surface area contributed by atoms with Crippen LogP contribution in [0.1, 0.15) is 90.8 Å². The fourth-order valence-corrected chi connectivity index (χ4v) is 3.27. The molecule has 0 aliphatic heterocycles. The van der Waals surface area contributed by atoms with Crippen LogP contribution in [0.2, 0.25) is 0 Å². The number of unbranched alkanes of at least 4 members (excludes halogenated alkanes) is 3. The number of ether oxygens (including phenoxy) is 1. The molecule has 0 heterocycles. The summed E-state index contributed by atoms with van der Waals surface area (Å²) in [6.07, 6.45) is 3.25. The Morgan fingerprint density at radius 2 is 1.38 bits per heavy atom. The summed E-state index contributed by atoms with van der Waals surface area (Å²) < 4.78 is 5.41. The van der Waals surface area contributed by atoms with Gasteiger partial charge in [0, 0.05) is 18.7 Å². The molecule has 0 unspecified atom stereocenters. The number of aromatic hydroxyl groups is 1. The highest BCUT2D eigenvalue weighted by Crippen LogP contribution is 2.39. The number of carbonyl (C=O) groups excluding carboxylic acids is 2. The van der Waals surface area contributed by atoms with E-state index in [-0.39, 0.29) is 23.3 Å². The molecule has 0 spiro atoms. The molecule has 0 saturated carbocycles. The Morgan fingerprint density at radius 1 is 0.906 bits per heavy atom. The van der Waals surface area contributed by atoms with Crippen molar-refractivity contribution in [1.29, 1.82) is 0 Å². The molecule has 0 fully saturated rings. The maximum Gasteiger partial charge on any atom is 0.407 e. The van der Waals surface area contributed by atoms with Crippen LogP contribution in [0.25, 0.3) is 0 Å². The monoisotopic (exact) mass is 446 g/mol. The highest BCUT2D eigenvalue weighted by molar-refractivity contribution is 5.91. The van der Waals surface area contributed by atoms with E-state index in [1.54, 1.807) is 6.92 Å². The SMILES string of the molecule is C=C(C)C(=O)NCCCCCCNC(=O)OCc1cc(C(C)(C)C)c(O)c(C(C)(C)C)c1. The number of benzene rings is 1. The molecule has 1 aromatic carbocycles. The van der Waals surface area contributed by atoms with Crippen LogP contribution in [-0.4, -0.2) is 30.2 Å². The predicted molar refractivity (Wildman–Crippen MR) is 130 cm³/mol. The Bertz CT molecular complexity index is 766. The summed E-state index contributed by atoms with van der Waals surface area (Å²) in [6.45, 7) is 19.0. The lowest BCUT2D eigenvalue weighted by Crippen LogP contribution is -2.26. The molecular weight excluding hydrogens is 404 g/mol. The summed E-state index contributed by atoms with van der Waals surface area (Å²) in [4.78, 5) is 23.5. The van der Waals surface area contributed by atoms with Gasteiger partial charge in [0.25, 0.3) is 0 Å². The first kappa shape index (κ1) is 27.5. The molecule has 180 valence electrons. The molecule has 0 aliphatic rings. The highest BCUT2D eigenvalue weighted by atomic mass is 16.5. The number of hydrogen-bond donors (Lipinski definition) is 3. The minimum atomic E-state index is -0.443. The van der Waals surface area contributed by atoms with E-state index in [4.69, 9.17) is 4.74 Å². The Balaban J connectivity index is 2.46. The Labute approximate surface area is 193 Å². The largest absolute Gasteiger partial charge is 0.507 e. The topological polar surface area (TPSA) is 87.7 Å². The molecule has 0 atom stereocenters. The number of amides is 2. The van der Waals surface area contributed by atoms with Crippen LogP contribution in [0.4, 0.5) is 4.79 Å². The van der Waals surface area contributed by atoms with Crippen molar-refractivity contribution in [1.82, 2.24) is 10.6 Å². The van der Waals surface area contributed by atoms with E-state index in [0.29, 0.717) is 24.4 Å². The summed E-state index contributed by atoms with van der Waals surface area (Å²) in [6, 6.07) is 3.84. The van der Waals surface area contributed by atoms with Crippen molar-refractivity contribution in [2.45, 2.75) is 91.6 Å². The van der Waals surface area contributed by atoms with Gasteiger partial charge in [0.15, 0.2) is 0 Å². The third-order valence-corrected chi connectivity index (χ3v) is 5.20.